The number of carbonyl (C=O) groups is 1. The van der Waals surface area contributed by atoms with Crippen molar-refractivity contribution in [3.8, 4) is 5.69 Å². The number of nitrogens with zero attached hydrogens (tertiary/aromatic N) is 3. The van der Waals surface area contributed by atoms with E-state index in [1.807, 2.05) is 42.0 Å². The zero-order chi connectivity index (χ0) is 21.9. The van der Waals surface area contributed by atoms with Gasteiger partial charge in [-0.2, -0.15) is 0 Å². The fourth-order valence-electron chi connectivity index (χ4n) is 3.18. The lowest BCUT2D eigenvalue weighted by Crippen LogP contribution is -2.47. The topological polar surface area (TPSA) is 84.3 Å². The highest BCUT2D eigenvalue weighted by Crippen LogP contribution is 2.24. The Balaban J connectivity index is 1.70. The Morgan fingerprint density at radius 3 is 2.50 bits per heavy atom. The van der Waals surface area contributed by atoms with Gasteiger partial charge in [0.25, 0.3) is 0 Å². The summed E-state index contributed by atoms with van der Waals surface area (Å²) in [6.07, 6.45) is 4.68. The second-order valence-electron chi connectivity index (χ2n) is 6.94. The molecule has 1 heterocycles. The number of nitrogens with one attached hydrogen (secondary N) is 1. The van der Waals surface area contributed by atoms with Crippen LogP contribution in [0.15, 0.2) is 60.9 Å². The lowest BCUT2D eigenvalue weighted by atomic mass is 10.2. The summed E-state index contributed by atoms with van der Waals surface area (Å²) in [7, 11) is -3.69. The number of hydrogen-bond donors (Lipinski definition) is 1. The van der Waals surface area contributed by atoms with Crippen molar-refractivity contribution in [3.63, 3.8) is 0 Å². The highest BCUT2D eigenvalue weighted by atomic mass is 35.5. The average molecular weight is 447 g/mol. The van der Waals surface area contributed by atoms with Crippen molar-refractivity contribution in [3.05, 3.63) is 77.3 Å². The Labute approximate surface area is 181 Å². The van der Waals surface area contributed by atoms with E-state index in [-0.39, 0.29) is 6.54 Å². The van der Waals surface area contributed by atoms with E-state index < -0.39 is 22.0 Å². The van der Waals surface area contributed by atoms with Gasteiger partial charge in [0.2, 0.25) is 15.9 Å². The third-order valence-corrected chi connectivity index (χ3v) is 6.13. The molecule has 1 N–H and O–H groups in total. The molecular weight excluding hydrogens is 424 g/mol. The Morgan fingerprint density at radius 1 is 1.23 bits per heavy atom. The monoisotopic (exact) mass is 446 g/mol. The van der Waals surface area contributed by atoms with Crippen LogP contribution in [-0.2, 0) is 21.4 Å². The molecule has 0 aliphatic rings. The molecule has 1 aromatic heterocycles. The number of aryl methyl sites for hydroxylation is 1. The van der Waals surface area contributed by atoms with E-state index in [0.717, 1.165) is 27.6 Å². The van der Waals surface area contributed by atoms with E-state index in [1.165, 1.54) is 6.07 Å². The van der Waals surface area contributed by atoms with Crippen molar-refractivity contribution < 1.29 is 13.2 Å². The minimum Gasteiger partial charge on any atom is -0.350 e. The predicted molar refractivity (Wildman–Crippen MR) is 118 cm³/mol. The van der Waals surface area contributed by atoms with Crippen LogP contribution >= 0.6 is 11.6 Å². The molecular formula is C21H23ClN4O3S. The van der Waals surface area contributed by atoms with Crippen molar-refractivity contribution in [1.82, 2.24) is 14.9 Å². The molecule has 9 heteroatoms. The zero-order valence-corrected chi connectivity index (χ0v) is 18.5. The van der Waals surface area contributed by atoms with Crippen LogP contribution in [0.4, 0.5) is 5.69 Å². The van der Waals surface area contributed by atoms with Crippen molar-refractivity contribution in [1.29, 1.82) is 0 Å². The first-order valence-electron chi connectivity index (χ1n) is 9.29. The van der Waals surface area contributed by atoms with Crippen molar-refractivity contribution in [2.75, 3.05) is 10.6 Å². The Hall–Kier alpha value is -2.84. The molecule has 0 radical (unpaired) electrons. The van der Waals surface area contributed by atoms with Crippen LogP contribution in [0.2, 0.25) is 5.02 Å². The lowest BCUT2D eigenvalue weighted by Gasteiger charge is -2.28. The molecule has 1 amide bonds. The molecule has 0 saturated carbocycles. The van der Waals surface area contributed by atoms with E-state index in [1.54, 1.807) is 31.3 Å². The quantitative estimate of drug-likeness (QED) is 0.603. The van der Waals surface area contributed by atoms with Gasteiger partial charge in [0.05, 0.1) is 11.9 Å². The number of benzene rings is 2. The molecule has 0 bridgehead atoms. The lowest BCUT2D eigenvalue weighted by molar-refractivity contribution is -0.122. The largest absolute Gasteiger partial charge is 0.350 e. The number of sulfonamides is 1. The SMILES string of the molecule is Cc1nccn1-c1ccc(CNC(=O)C(C)N(c2cccc(Cl)c2)S(C)(=O)=O)cc1. The molecule has 0 fully saturated rings. The van der Waals surface area contributed by atoms with Crippen LogP contribution in [0.1, 0.15) is 18.3 Å². The molecule has 0 spiro atoms. The van der Waals surface area contributed by atoms with Gasteiger partial charge in [-0.1, -0.05) is 29.8 Å². The zero-order valence-electron chi connectivity index (χ0n) is 16.9. The maximum absolute atomic E-state index is 12.7. The fraction of sp³-hybridized carbons (Fsp3) is 0.238. The summed E-state index contributed by atoms with van der Waals surface area (Å²) in [6.45, 7) is 3.74. The van der Waals surface area contributed by atoms with Crippen LogP contribution in [0.25, 0.3) is 5.69 Å². The second-order valence-corrected chi connectivity index (χ2v) is 9.24. The first kappa shape index (κ1) is 21.9. The normalized spacial score (nSPS) is 12.4. The Kier molecular flexibility index (Phi) is 6.48. The minimum absolute atomic E-state index is 0.277. The summed E-state index contributed by atoms with van der Waals surface area (Å²) in [5, 5.41) is 3.19. The molecule has 30 heavy (non-hydrogen) atoms. The van der Waals surface area contributed by atoms with Crippen LogP contribution < -0.4 is 9.62 Å². The fourth-order valence-corrected chi connectivity index (χ4v) is 4.54. The number of amides is 1. The highest BCUT2D eigenvalue weighted by Gasteiger charge is 2.29. The maximum atomic E-state index is 12.7. The van der Waals surface area contributed by atoms with Gasteiger partial charge in [-0.05, 0) is 49.7 Å². The summed E-state index contributed by atoms with van der Waals surface area (Å²) >= 11 is 6.00. The number of hydrogen-bond acceptors (Lipinski definition) is 4. The van der Waals surface area contributed by atoms with Gasteiger partial charge in [0.15, 0.2) is 0 Å². The number of anilines is 1. The second kappa shape index (κ2) is 8.89. The van der Waals surface area contributed by atoms with Crippen LogP contribution in [-0.4, -0.2) is 36.2 Å². The van der Waals surface area contributed by atoms with E-state index >= 15 is 0 Å². The summed E-state index contributed by atoms with van der Waals surface area (Å²) in [5.74, 6) is 0.474. The number of halogens is 1. The van der Waals surface area contributed by atoms with Crippen molar-refractivity contribution >= 4 is 33.2 Å². The number of aromatic nitrogens is 2. The number of carbonyl (C=O) groups excluding carboxylic acids is 1. The van der Waals surface area contributed by atoms with Crippen LogP contribution in [0.5, 0.6) is 0 Å². The summed E-state index contributed by atoms with van der Waals surface area (Å²) in [5.41, 5.74) is 2.20. The first-order valence-corrected chi connectivity index (χ1v) is 11.5. The van der Waals surface area contributed by atoms with Gasteiger partial charge in [-0.3, -0.25) is 9.10 Å². The van der Waals surface area contributed by atoms with E-state index in [4.69, 9.17) is 11.6 Å². The third-order valence-electron chi connectivity index (χ3n) is 4.66. The molecule has 3 aromatic rings. The summed E-state index contributed by atoms with van der Waals surface area (Å²) in [6, 6.07) is 13.2. The first-order chi connectivity index (χ1) is 14.2. The number of imidazole rings is 1. The Morgan fingerprint density at radius 2 is 1.93 bits per heavy atom. The van der Waals surface area contributed by atoms with E-state index in [2.05, 4.69) is 10.3 Å². The average Bonchev–Trinajstić information content (AvgIpc) is 3.11. The minimum atomic E-state index is -3.69. The molecule has 0 aliphatic heterocycles. The van der Waals surface area contributed by atoms with E-state index in [9.17, 15) is 13.2 Å². The smallest absolute Gasteiger partial charge is 0.243 e. The van der Waals surface area contributed by atoms with Gasteiger partial charge in [0, 0.05) is 29.6 Å². The van der Waals surface area contributed by atoms with Crippen LogP contribution in [0.3, 0.4) is 0 Å². The van der Waals surface area contributed by atoms with Gasteiger partial charge < -0.3 is 9.88 Å². The summed E-state index contributed by atoms with van der Waals surface area (Å²) < 4.78 is 27.7. The molecule has 158 valence electrons. The van der Waals surface area contributed by atoms with Gasteiger partial charge in [0.1, 0.15) is 11.9 Å². The number of rotatable bonds is 7. The molecule has 7 nitrogen and oxygen atoms in total. The standard InChI is InChI=1S/C21H23ClN4O3S/c1-15(26(30(3,28)29)20-6-4-5-18(22)13-20)21(27)24-14-17-7-9-19(10-8-17)25-12-11-23-16(25)2/h4-13,15H,14H2,1-3H3,(H,24,27). The Bertz CT molecular complexity index is 1140. The van der Waals surface area contributed by atoms with Gasteiger partial charge in [-0.25, -0.2) is 13.4 Å². The molecule has 2 aromatic carbocycles. The van der Waals surface area contributed by atoms with Gasteiger partial charge in [-0.15, -0.1) is 0 Å². The molecule has 0 saturated heterocycles. The maximum Gasteiger partial charge on any atom is 0.243 e. The van der Waals surface area contributed by atoms with Crippen LogP contribution in [0, 0.1) is 6.92 Å². The van der Waals surface area contributed by atoms with Crippen molar-refractivity contribution in [2.24, 2.45) is 0 Å². The highest BCUT2D eigenvalue weighted by molar-refractivity contribution is 7.92. The summed E-state index contributed by atoms with van der Waals surface area (Å²) in [4.78, 5) is 16.9. The van der Waals surface area contributed by atoms with Crippen molar-refractivity contribution in [2.45, 2.75) is 26.4 Å². The van der Waals surface area contributed by atoms with E-state index in [0.29, 0.717) is 10.7 Å². The predicted octanol–water partition coefficient (Wildman–Crippen LogP) is 3.31. The van der Waals surface area contributed by atoms with Gasteiger partial charge >= 0.3 is 0 Å². The molecule has 0 aliphatic carbocycles. The molecule has 1 unspecified atom stereocenters. The molecule has 1 atom stereocenters. The molecule has 3 rings (SSSR count). The third kappa shape index (κ3) is 5.01.